The molecule has 0 saturated heterocycles. The van der Waals surface area contributed by atoms with Crippen LogP contribution in [0.3, 0.4) is 0 Å². The number of hydrogen-bond acceptors (Lipinski definition) is 6. The minimum atomic E-state index is -0.575. The molecule has 0 unspecified atom stereocenters. The monoisotopic (exact) mass is 382 g/mol. The Morgan fingerprint density at radius 3 is 2.54 bits per heavy atom. The van der Waals surface area contributed by atoms with Crippen molar-refractivity contribution in [3.05, 3.63) is 75.8 Å². The third kappa shape index (κ3) is 6.06. The topological polar surface area (TPSA) is 123 Å². The van der Waals surface area contributed by atoms with Crippen LogP contribution in [0.1, 0.15) is 11.1 Å². The molecule has 2 N–H and O–H groups in total. The van der Waals surface area contributed by atoms with E-state index in [4.69, 9.17) is 4.74 Å². The van der Waals surface area contributed by atoms with Crippen molar-refractivity contribution in [3.8, 4) is 5.75 Å². The summed E-state index contributed by atoms with van der Waals surface area (Å²) in [6.45, 7) is -0.302. The smallest absolute Gasteiger partial charge is 0.278 e. The number of nitrogens with one attached hydrogen (secondary N) is 2. The molecular formula is C19H18N4O5. The molecule has 0 aliphatic heterocycles. The van der Waals surface area contributed by atoms with Gasteiger partial charge in [-0.2, -0.15) is 5.10 Å². The first-order chi connectivity index (χ1) is 13.5. The lowest BCUT2D eigenvalue weighted by atomic mass is 10.2. The Balaban J connectivity index is 1.83. The van der Waals surface area contributed by atoms with Gasteiger partial charge >= 0.3 is 0 Å². The fourth-order valence-corrected chi connectivity index (χ4v) is 2.17. The van der Waals surface area contributed by atoms with E-state index in [0.29, 0.717) is 5.75 Å². The Bertz CT molecular complexity index is 924. The molecule has 9 nitrogen and oxygen atoms in total. The Labute approximate surface area is 160 Å². The van der Waals surface area contributed by atoms with Crippen LogP contribution >= 0.6 is 0 Å². The van der Waals surface area contributed by atoms with Crippen LogP contribution in [-0.2, 0) is 9.59 Å². The van der Waals surface area contributed by atoms with Gasteiger partial charge in [0.1, 0.15) is 5.75 Å². The highest BCUT2D eigenvalue weighted by molar-refractivity contribution is 5.94. The summed E-state index contributed by atoms with van der Waals surface area (Å²) < 4.78 is 5.17. The Hall–Kier alpha value is -4.01. The first-order valence-corrected chi connectivity index (χ1v) is 8.15. The average Bonchev–Trinajstić information content (AvgIpc) is 2.71. The molecule has 2 rings (SSSR count). The number of para-hydroxylation sites is 2. The number of nitro benzene ring substituents is 1. The van der Waals surface area contributed by atoms with E-state index < -0.39 is 16.7 Å². The third-order valence-corrected chi connectivity index (χ3v) is 3.50. The number of nitrogens with zero attached hydrogens (tertiary/aromatic N) is 2. The molecule has 0 atom stereocenters. The zero-order chi connectivity index (χ0) is 20.4. The first kappa shape index (κ1) is 20.3. The lowest BCUT2D eigenvalue weighted by molar-refractivity contribution is -0.385. The van der Waals surface area contributed by atoms with Crippen LogP contribution in [0.4, 0.5) is 5.69 Å². The van der Waals surface area contributed by atoms with E-state index in [1.165, 1.54) is 37.6 Å². The molecule has 0 aliphatic rings. The van der Waals surface area contributed by atoms with Crippen molar-refractivity contribution < 1.29 is 19.2 Å². The lowest BCUT2D eigenvalue weighted by Gasteiger charge is -2.04. The molecule has 0 fully saturated rings. The molecule has 144 valence electrons. The highest BCUT2D eigenvalue weighted by Crippen LogP contribution is 2.18. The average molecular weight is 382 g/mol. The number of nitro groups is 1. The van der Waals surface area contributed by atoms with Gasteiger partial charge in [0.2, 0.25) is 5.91 Å². The van der Waals surface area contributed by atoms with Gasteiger partial charge in [0.25, 0.3) is 11.6 Å². The maximum atomic E-state index is 11.8. The molecule has 0 heterocycles. The van der Waals surface area contributed by atoms with Crippen LogP contribution in [0.25, 0.3) is 6.08 Å². The predicted molar refractivity (Wildman–Crippen MR) is 104 cm³/mol. The number of carbonyl (C=O) groups is 2. The maximum absolute atomic E-state index is 11.8. The van der Waals surface area contributed by atoms with Gasteiger partial charge in [-0.25, -0.2) is 5.43 Å². The highest BCUT2D eigenvalue weighted by atomic mass is 16.6. The molecule has 0 radical (unpaired) electrons. The fourth-order valence-electron chi connectivity index (χ4n) is 2.17. The number of hydrogen-bond donors (Lipinski definition) is 2. The van der Waals surface area contributed by atoms with Crippen molar-refractivity contribution in [2.75, 3.05) is 13.7 Å². The van der Waals surface area contributed by atoms with Crippen LogP contribution in [-0.4, -0.2) is 36.6 Å². The van der Waals surface area contributed by atoms with E-state index in [1.54, 1.807) is 24.3 Å². The number of amides is 2. The maximum Gasteiger partial charge on any atom is 0.278 e. The Morgan fingerprint density at radius 2 is 1.82 bits per heavy atom. The van der Waals surface area contributed by atoms with E-state index in [2.05, 4.69) is 15.8 Å². The SMILES string of the molecule is COc1ccccc1/C=C/C(=O)NCC(=O)NN=Cc1ccccc1[N+](=O)[O-]. The summed E-state index contributed by atoms with van der Waals surface area (Å²) in [5.41, 5.74) is 3.03. The summed E-state index contributed by atoms with van der Waals surface area (Å²) in [5.74, 6) is -0.425. The number of ether oxygens (including phenoxy) is 1. The summed E-state index contributed by atoms with van der Waals surface area (Å²) in [6, 6.07) is 13.1. The van der Waals surface area contributed by atoms with E-state index >= 15 is 0 Å². The Morgan fingerprint density at radius 1 is 1.14 bits per heavy atom. The van der Waals surface area contributed by atoms with Gasteiger partial charge in [0.05, 0.1) is 30.4 Å². The van der Waals surface area contributed by atoms with E-state index in [9.17, 15) is 19.7 Å². The molecule has 2 aromatic rings. The molecule has 0 aliphatic carbocycles. The number of benzene rings is 2. The van der Waals surface area contributed by atoms with Crippen LogP contribution < -0.4 is 15.5 Å². The van der Waals surface area contributed by atoms with Crippen molar-refractivity contribution in [2.45, 2.75) is 0 Å². The van der Waals surface area contributed by atoms with Gasteiger partial charge in [0.15, 0.2) is 0 Å². The molecular weight excluding hydrogens is 364 g/mol. The van der Waals surface area contributed by atoms with Crippen LogP contribution in [0, 0.1) is 10.1 Å². The second-order valence-electron chi connectivity index (χ2n) is 5.40. The van der Waals surface area contributed by atoms with Crippen molar-refractivity contribution in [1.29, 1.82) is 0 Å². The van der Waals surface area contributed by atoms with Crippen molar-refractivity contribution in [2.24, 2.45) is 5.10 Å². The molecule has 0 saturated carbocycles. The minimum Gasteiger partial charge on any atom is -0.496 e. The summed E-state index contributed by atoms with van der Waals surface area (Å²) in [5, 5.41) is 17.0. The van der Waals surface area contributed by atoms with Crippen LogP contribution in [0.2, 0.25) is 0 Å². The first-order valence-electron chi connectivity index (χ1n) is 8.15. The fraction of sp³-hybridized carbons (Fsp3) is 0.105. The minimum absolute atomic E-state index is 0.129. The summed E-state index contributed by atoms with van der Waals surface area (Å²) in [4.78, 5) is 33.9. The van der Waals surface area contributed by atoms with Crippen molar-refractivity contribution in [1.82, 2.24) is 10.7 Å². The lowest BCUT2D eigenvalue weighted by Crippen LogP contribution is -2.34. The van der Waals surface area contributed by atoms with Gasteiger partial charge in [0, 0.05) is 17.7 Å². The molecule has 2 amide bonds. The van der Waals surface area contributed by atoms with Gasteiger partial charge in [-0.15, -0.1) is 0 Å². The molecule has 0 aromatic heterocycles. The number of methoxy groups -OCH3 is 1. The van der Waals surface area contributed by atoms with Crippen LogP contribution in [0.5, 0.6) is 5.75 Å². The molecule has 2 aromatic carbocycles. The van der Waals surface area contributed by atoms with Gasteiger partial charge < -0.3 is 10.1 Å². The van der Waals surface area contributed by atoms with E-state index in [-0.39, 0.29) is 17.8 Å². The highest BCUT2D eigenvalue weighted by Gasteiger charge is 2.10. The van der Waals surface area contributed by atoms with Gasteiger partial charge in [-0.1, -0.05) is 30.3 Å². The number of rotatable bonds is 8. The molecule has 0 spiro atoms. The van der Waals surface area contributed by atoms with Gasteiger partial charge in [-0.3, -0.25) is 19.7 Å². The zero-order valence-corrected chi connectivity index (χ0v) is 15.0. The molecule has 9 heteroatoms. The summed E-state index contributed by atoms with van der Waals surface area (Å²) in [7, 11) is 1.53. The van der Waals surface area contributed by atoms with Crippen molar-refractivity contribution >= 4 is 29.8 Å². The zero-order valence-electron chi connectivity index (χ0n) is 15.0. The van der Waals surface area contributed by atoms with Gasteiger partial charge in [-0.05, 0) is 18.2 Å². The van der Waals surface area contributed by atoms with E-state index in [0.717, 1.165) is 5.56 Å². The van der Waals surface area contributed by atoms with Crippen molar-refractivity contribution in [3.63, 3.8) is 0 Å². The summed E-state index contributed by atoms with van der Waals surface area (Å²) >= 11 is 0. The van der Waals surface area contributed by atoms with Crippen LogP contribution in [0.15, 0.2) is 59.7 Å². The molecule has 0 bridgehead atoms. The third-order valence-electron chi connectivity index (χ3n) is 3.50. The second kappa shape index (κ2) is 10.2. The molecule has 28 heavy (non-hydrogen) atoms. The normalized spacial score (nSPS) is 10.8. The predicted octanol–water partition coefficient (Wildman–Crippen LogP) is 1.88. The quantitative estimate of drug-likeness (QED) is 0.312. The van der Waals surface area contributed by atoms with E-state index in [1.807, 2.05) is 12.1 Å². The standard InChI is InChI=1S/C19H18N4O5/c1-28-17-9-5-3-6-14(17)10-11-18(24)20-13-19(25)22-21-12-15-7-2-4-8-16(15)23(26)27/h2-12H,13H2,1H3,(H,20,24)(H,22,25)/b11-10+,21-12?. The number of hydrazone groups is 1. The summed E-state index contributed by atoms with van der Waals surface area (Å²) in [6.07, 6.45) is 4.01. The Kier molecular flexibility index (Phi) is 7.41. The second-order valence-corrected chi connectivity index (χ2v) is 5.40. The number of carbonyl (C=O) groups excluding carboxylic acids is 2. The largest absolute Gasteiger partial charge is 0.496 e.